The average molecular weight is 258 g/mol. The number of ether oxygens (including phenoxy) is 1. The molecule has 5 heteroatoms. The lowest BCUT2D eigenvalue weighted by Crippen LogP contribution is -2.03. The Bertz CT molecular complexity index is 399. The van der Waals surface area contributed by atoms with Crippen molar-refractivity contribution in [3.8, 4) is 0 Å². The zero-order chi connectivity index (χ0) is 12.8. The summed E-state index contributed by atoms with van der Waals surface area (Å²) >= 11 is 6.20. The molecule has 2 N–H and O–H groups in total. The lowest BCUT2D eigenvalue weighted by Gasteiger charge is -2.06. The lowest BCUT2D eigenvalue weighted by atomic mass is 10.1. The van der Waals surface area contributed by atoms with Crippen molar-refractivity contribution in [3.63, 3.8) is 0 Å². The van der Waals surface area contributed by atoms with Gasteiger partial charge in [-0.25, -0.2) is 0 Å². The topological polar surface area (TPSA) is 53.1 Å². The fourth-order valence-corrected chi connectivity index (χ4v) is 1.92. The quantitative estimate of drug-likeness (QED) is 0.850. The predicted molar refractivity (Wildman–Crippen MR) is 71.1 cm³/mol. The summed E-state index contributed by atoms with van der Waals surface area (Å²) in [6.07, 6.45) is 3.91. The lowest BCUT2D eigenvalue weighted by molar-refractivity contribution is 0.223. The van der Waals surface area contributed by atoms with E-state index in [0.717, 1.165) is 24.2 Å². The van der Waals surface area contributed by atoms with Crippen LogP contribution in [0.15, 0.2) is 5.57 Å². The van der Waals surface area contributed by atoms with Gasteiger partial charge in [-0.2, -0.15) is 5.10 Å². The first kappa shape index (κ1) is 14.2. The molecule has 0 saturated heterocycles. The van der Waals surface area contributed by atoms with Crippen LogP contribution in [0.3, 0.4) is 0 Å². The Morgan fingerprint density at radius 3 is 2.76 bits per heavy atom. The van der Waals surface area contributed by atoms with E-state index < -0.39 is 0 Å². The van der Waals surface area contributed by atoms with Crippen LogP contribution in [0.5, 0.6) is 0 Å². The van der Waals surface area contributed by atoms with Crippen molar-refractivity contribution in [2.45, 2.75) is 19.8 Å². The van der Waals surface area contributed by atoms with Crippen molar-refractivity contribution in [3.05, 3.63) is 22.0 Å². The smallest absolute Gasteiger partial charge is 0.0888 e. The molecule has 0 fully saturated rings. The zero-order valence-corrected chi connectivity index (χ0v) is 11.4. The molecule has 0 aliphatic carbocycles. The predicted octanol–water partition coefficient (Wildman–Crippen LogP) is 2.15. The van der Waals surface area contributed by atoms with Crippen molar-refractivity contribution >= 4 is 17.7 Å². The SMILES string of the molecule is COCC(=Cc1c(Cl)c(C)nn1C)CCCN. The van der Waals surface area contributed by atoms with Crippen molar-refractivity contribution in [1.82, 2.24) is 9.78 Å². The van der Waals surface area contributed by atoms with Crippen molar-refractivity contribution in [2.75, 3.05) is 20.3 Å². The van der Waals surface area contributed by atoms with Gasteiger partial charge in [-0.05, 0) is 38.0 Å². The largest absolute Gasteiger partial charge is 0.380 e. The van der Waals surface area contributed by atoms with E-state index in [-0.39, 0.29) is 0 Å². The molecule has 0 amide bonds. The van der Waals surface area contributed by atoms with Crippen LogP contribution in [0, 0.1) is 6.92 Å². The standard InChI is InChI=1S/C12H20ClN3O/c1-9-12(13)11(16(2)15-9)7-10(8-17-3)5-4-6-14/h7H,4-6,8,14H2,1-3H3. The van der Waals surface area contributed by atoms with Crippen LogP contribution in [0.25, 0.3) is 6.08 Å². The molecule has 96 valence electrons. The number of nitrogens with two attached hydrogens (primary N) is 1. The number of rotatable bonds is 6. The maximum absolute atomic E-state index is 6.20. The number of aromatic nitrogens is 2. The fraction of sp³-hybridized carbons (Fsp3) is 0.583. The first-order valence-corrected chi connectivity index (χ1v) is 6.05. The summed E-state index contributed by atoms with van der Waals surface area (Å²) in [5.41, 5.74) is 8.47. The van der Waals surface area contributed by atoms with Gasteiger partial charge in [0.15, 0.2) is 0 Å². The molecule has 1 rings (SSSR count). The highest BCUT2D eigenvalue weighted by molar-refractivity contribution is 6.32. The molecule has 0 saturated carbocycles. The molecule has 1 aromatic heterocycles. The highest BCUT2D eigenvalue weighted by Crippen LogP contribution is 2.23. The molecule has 0 unspecified atom stereocenters. The van der Waals surface area contributed by atoms with E-state index in [4.69, 9.17) is 22.1 Å². The Morgan fingerprint density at radius 2 is 2.29 bits per heavy atom. The summed E-state index contributed by atoms with van der Waals surface area (Å²) in [4.78, 5) is 0. The molecular weight excluding hydrogens is 238 g/mol. The normalized spacial score (nSPS) is 12.2. The van der Waals surface area contributed by atoms with E-state index in [1.165, 1.54) is 5.57 Å². The summed E-state index contributed by atoms with van der Waals surface area (Å²) in [6, 6.07) is 0. The first-order chi connectivity index (χ1) is 8.10. The summed E-state index contributed by atoms with van der Waals surface area (Å²) < 4.78 is 6.97. The van der Waals surface area contributed by atoms with Crippen LogP contribution >= 0.6 is 11.6 Å². The van der Waals surface area contributed by atoms with Gasteiger partial charge in [0.05, 0.1) is 23.0 Å². The van der Waals surface area contributed by atoms with Crippen molar-refractivity contribution in [2.24, 2.45) is 12.8 Å². The molecule has 0 bridgehead atoms. The summed E-state index contributed by atoms with van der Waals surface area (Å²) in [5, 5.41) is 4.98. The molecule has 0 radical (unpaired) electrons. The van der Waals surface area contributed by atoms with Crippen LogP contribution in [-0.4, -0.2) is 30.0 Å². The van der Waals surface area contributed by atoms with Gasteiger partial charge in [-0.3, -0.25) is 4.68 Å². The minimum Gasteiger partial charge on any atom is -0.380 e. The molecule has 1 heterocycles. The second-order valence-electron chi connectivity index (χ2n) is 4.04. The van der Waals surface area contributed by atoms with Gasteiger partial charge in [0.2, 0.25) is 0 Å². The first-order valence-electron chi connectivity index (χ1n) is 5.67. The third-order valence-corrected chi connectivity index (χ3v) is 3.03. The van der Waals surface area contributed by atoms with Crippen LogP contribution < -0.4 is 5.73 Å². The molecule has 17 heavy (non-hydrogen) atoms. The molecule has 1 aromatic rings. The minimum atomic E-state index is 0.598. The number of halogens is 1. The van der Waals surface area contributed by atoms with Gasteiger partial charge in [0.25, 0.3) is 0 Å². The van der Waals surface area contributed by atoms with E-state index in [0.29, 0.717) is 18.2 Å². The van der Waals surface area contributed by atoms with Gasteiger partial charge < -0.3 is 10.5 Å². The van der Waals surface area contributed by atoms with Gasteiger partial charge in [0.1, 0.15) is 0 Å². The van der Waals surface area contributed by atoms with Crippen LogP contribution in [-0.2, 0) is 11.8 Å². The second kappa shape index (κ2) is 6.79. The Hall–Kier alpha value is -0.840. The summed E-state index contributed by atoms with van der Waals surface area (Å²) in [6.45, 7) is 3.18. The fourth-order valence-electron chi connectivity index (χ4n) is 1.70. The Labute approximate surface area is 107 Å². The van der Waals surface area contributed by atoms with Crippen molar-refractivity contribution in [1.29, 1.82) is 0 Å². The molecular formula is C12H20ClN3O. The van der Waals surface area contributed by atoms with Crippen molar-refractivity contribution < 1.29 is 4.74 Å². The number of hydrogen-bond acceptors (Lipinski definition) is 3. The molecule has 0 spiro atoms. The van der Waals surface area contributed by atoms with Crippen LogP contribution in [0.1, 0.15) is 24.2 Å². The second-order valence-corrected chi connectivity index (χ2v) is 4.41. The molecule has 0 aromatic carbocycles. The van der Waals surface area contributed by atoms with Gasteiger partial charge in [-0.15, -0.1) is 0 Å². The van der Waals surface area contributed by atoms with E-state index in [1.54, 1.807) is 11.8 Å². The van der Waals surface area contributed by atoms with E-state index in [9.17, 15) is 0 Å². The Balaban J connectivity index is 2.94. The average Bonchev–Trinajstić information content (AvgIpc) is 2.53. The monoisotopic (exact) mass is 257 g/mol. The van der Waals surface area contributed by atoms with Crippen LogP contribution in [0.2, 0.25) is 5.02 Å². The van der Waals surface area contributed by atoms with E-state index >= 15 is 0 Å². The van der Waals surface area contributed by atoms with Crippen LogP contribution in [0.4, 0.5) is 0 Å². The van der Waals surface area contributed by atoms with E-state index in [1.807, 2.05) is 20.0 Å². The highest BCUT2D eigenvalue weighted by Gasteiger charge is 2.09. The summed E-state index contributed by atoms with van der Waals surface area (Å²) in [5.74, 6) is 0. The Morgan fingerprint density at radius 1 is 1.59 bits per heavy atom. The minimum absolute atomic E-state index is 0.598. The Kier molecular flexibility index (Phi) is 5.68. The van der Waals surface area contributed by atoms with Gasteiger partial charge in [-0.1, -0.05) is 11.6 Å². The molecule has 4 nitrogen and oxygen atoms in total. The van der Waals surface area contributed by atoms with Gasteiger partial charge >= 0.3 is 0 Å². The third kappa shape index (κ3) is 3.84. The number of nitrogens with zero attached hydrogens (tertiary/aromatic N) is 2. The third-order valence-electron chi connectivity index (χ3n) is 2.56. The number of hydrogen-bond donors (Lipinski definition) is 1. The summed E-state index contributed by atoms with van der Waals surface area (Å²) in [7, 11) is 3.57. The molecule has 0 aliphatic heterocycles. The maximum atomic E-state index is 6.20. The maximum Gasteiger partial charge on any atom is 0.0888 e. The highest BCUT2D eigenvalue weighted by atomic mass is 35.5. The number of methoxy groups -OCH3 is 1. The molecule has 0 atom stereocenters. The molecule has 0 aliphatic rings. The number of aryl methyl sites for hydroxylation is 2. The zero-order valence-electron chi connectivity index (χ0n) is 10.7. The van der Waals surface area contributed by atoms with E-state index in [2.05, 4.69) is 5.10 Å². The van der Waals surface area contributed by atoms with Gasteiger partial charge in [0, 0.05) is 14.2 Å².